The average molecular weight is 403 g/mol. The summed E-state index contributed by atoms with van der Waals surface area (Å²) in [4.78, 5) is 11.7. The van der Waals surface area contributed by atoms with Crippen LogP contribution in [-0.2, 0) is 10.0 Å². The third-order valence-corrected chi connectivity index (χ3v) is 6.65. The smallest absolute Gasteiger partial charge is 0.337 e. The van der Waals surface area contributed by atoms with E-state index in [0.29, 0.717) is 5.69 Å². The van der Waals surface area contributed by atoms with Crippen molar-refractivity contribution in [3.63, 3.8) is 0 Å². The molecular weight excluding hydrogens is 376 g/mol. The Morgan fingerprint density at radius 1 is 1.07 bits per heavy atom. The minimum absolute atomic E-state index is 0.0200. The molecule has 2 aromatic rings. The van der Waals surface area contributed by atoms with Gasteiger partial charge in [0.1, 0.15) is 0 Å². The molecular formula is C21H26N2O4S. The van der Waals surface area contributed by atoms with Gasteiger partial charge in [-0.05, 0) is 43.5 Å². The van der Waals surface area contributed by atoms with Crippen molar-refractivity contribution in [3.05, 3.63) is 59.7 Å². The van der Waals surface area contributed by atoms with Crippen molar-refractivity contribution in [2.75, 3.05) is 5.32 Å². The number of aromatic carboxylic acids is 1. The predicted molar refractivity (Wildman–Crippen MR) is 109 cm³/mol. The van der Waals surface area contributed by atoms with Crippen LogP contribution in [0.4, 0.5) is 5.69 Å². The highest BCUT2D eigenvalue weighted by Gasteiger charge is 2.24. The average Bonchev–Trinajstić information content (AvgIpc) is 2.69. The Kier molecular flexibility index (Phi) is 6.36. The van der Waals surface area contributed by atoms with E-state index >= 15 is 0 Å². The van der Waals surface area contributed by atoms with Crippen molar-refractivity contribution in [2.24, 2.45) is 0 Å². The zero-order chi connectivity index (χ0) is 20.1. The van der Waals surface area contributed by atoms with Crippen molar-refractivity contribution >= 4 is 21.7 Å². The second-order valence-electron chi connectivity index (χ2n) is 7.25. The molecule has 6 nitrogen and oxygen atoms in total. The number of sulfonamides is 1. The summed E-state index contributed by atoms with van der Waals surface area (Å²) in [5, 5.41) is 12.8. The summed E-state index contributed by atoms with van der Waals surface area (Å²) in [5.41, 5.74) is 1.34. The van der Waals surface area contributed by atoms with Gasteiger partial charge in [0.25, 0.3) is 0 Å². The third-order valence-electron chi connectivity index (χ3n) is 5.13. The number of carboxylic acids is 1. The van der Waals surface area contributed by atoms with Crippen LogP contribution in [0.5, 0.6) is 0 Å². The highest BCUT2D eigenvalue weighted by atomic mass is 32.2. The fraction of sp³-hybridized carbons (Fsp3) is 0.381. The van der Waals surface area contributed by atoms with Crippen molar-refractivity contribution in [2.45, 2.75) is 56.0 Å². The van der Waals surface area contributed by atoms with E-state index < -0.39 is 16.0 Å². The molecule has 0 bridgehead atoms. The van der Waals surface area contributed by atoms with Crippen LogP contribution in [0.15, 0.2) is 53.4 Å². The first-order valence-corrected chi connectivity index (χ1v) is 11.1. The van der Waals surface area contributed by atoms with E-state index in [2.05, 4.69) is 10.0 Å². The molecule has 0 aromatic heterocycles. The minimum atomic E-state index is -3.75. The van der Waals surface area contributed by atoms with Gasteiger partial charge in [0.15, 0.2) is 0 Å². The topological polar surface area (TPSA) is 95.5 Å². The first-order valence-electron chi connectivity index (χ1n) is 9.58. The van der Waals surface area contributed by atoms with Gasteiger partial charge in [-0.3, -0.25) is 0 Å². The maximum absolute atomic E-state index is 12.7. The number of anilines is 1. The van der Waals surface area contributed by atoms with Crippen LogP contribution in [0.1, 0.15) is 61.0 Å². The second kappa shape index (κ2) is 8.75. The molecule has 2 aromatic carbocycles. The first kappa shape index (κ1) is 20.4. The van der Waals surface area contributed by atoms with Crippen LogP contribution in [0.25, 0.3) is 0 Å². The van der Waals surface area contributed by atoms with Crippen LogP contribution in [0, 0.1) is 0 Å². The summed E-state index contributed by atoms with van der Waals surface area (Å²) in [6.45, 7) is 1.93. The quantitative estimate of drug-likeness (QED) is 0.646. The van der Waals surface area contributed by atoms with Gasteiger partial charge in [0.05, 0.1) is 10.5 Å². The van der Waals surface area contributed by atoms with E-state index in [0.717, 1.165) is 37.7 Å². The normalized spacial score (nSPS) is 16.5. The van der Waals surface area contributed by atoms with Crippen molar-refractivity contribution in [1.82, 2.24) is 4.72 Å². The fourth-order valence-electron chi connectivity index (χ4n) is 3.56. The highest BCUT2D eigenvalue weighted by molar-refractivity contribution is 7.89. The minimum Gasteiger partial charge on any atom is -0.478 e. The number of nitrogens with one attached hydrogen (secondary N) is 2. The Morgan fingerprint density at radius 3 is 2.39 bits per heavy atom. The van der Waals surface area contributed by atoms with E-state index in [1.165, 1.54) is 18.2 Å². The molecule has 3 rings (SSSR count). The molecule has 1 aliphatic rings. The van der Waals surface area contributed by atoms with Crippen LogP contribution in [-0.4, -0.2) is 25.5 Å². The van der Waals surface area contributed by atoms with Gasteiger partial charge in [0, 0.05) is 17.8 Å². The molecule has 0 saturated heterocycles. The summed E-state index contributed by atoms with van der Waals surface area (Å²) in [6.07, 6.45) is 4.78. The molecule has 28 heavy (non-hydrogen) atoms. The maximum Gasteiger partial charge on any atom is 0.337 e. The Bertz CT molecular complexity index is 923. The molecule has 1 atom stereocenters. The molecule has 3 N–H and O–H groups in total. The zero-order valence-electron chi connectivity index (χ0n) is 15.9. The maximum atomic E-state index is 12.7. The van der Waals surface area contributed by atoms with Gasteiger partial charge in [-0.15, -0.1) is 0 Å². The molecule has 7 heteroatoms. The largest absolute Gasteiger partial charge is 0.478 e. The molecule has 0 heterocycles. The monoisotopic (exact) mass is 402 g/mol. The molecule has 1 aliphatic carbocycles. The summed E-state index contributed by atoms with van der Waals surface area (Å²) in [5.74, 6) is -1.17. The van der Waals surface area contributed by atoms with Crippen LogP contribution < -0.4 is 10.0 Å². The van der Waals surface area contributed by atoms with E-state index in [1.54, 1.807) is 0 Å². The summed E-state index contributed by atoms with van der Waals surface area (Å²) in [7, 11) is -3.75. The molecule has 0 radical (unpaired) electrons. The number of benzene rings is 2. The van der Waals surface area contributed by atoms with Gasteiger partial charge >= 0.3 is 5.97 Å². The number of rotatable bonds is 7. The Labute approximate surface area is 166 Å². The second-order valence-corrected chi connectivity index (χ2v) is 8.96. The lowest BCUT2D eigenvalue weighted by atomic mass is 9.96. The summed E-state index contributed by atoms with van der Waals surface area (Å²) in [6, 6.07) is 13.7. The van der Waals surface area contributed by atoms with E-state index in [4.69, 9.17) is 0 Å². The van der Waals surface area contributed by atoms with Crippen molar-refractivity contribution < 1.29 is 18.3 Å². The van der Waals surface area contributed by atoms with Crippen molar-refractivity contribution in [1.29, 1.82) is 0 Å². The Hall–Kier alpha value is -2.38. The van der Waals surface area contributed by atoms with E-state index in [9.17, 15) is 18.3 Å². The predicted octanol–water partition coefficient (Wildman–Crippen LogP) is 4.17. The van der Waals surface area contributed by atoms with Crippen molar-refractivity contribution in [3.8, 4) is 0 Å². The van der Waals surface area contributed by atoms with Gasteiger partial charge < -0.3 is 10.4 Å². The molecule has 0 spiro atoms. The summed E-state index contributed by atoms with van der Waals surface area (Å²) < 4.78 is 28.1. The number of hydrogen-bond donors (Lipinski definition) is 3. The fourth-order valence-corrected chi connectivity index (χ4v) is 4.89. The van der Waals surface area contributed by atoms with Gasteiger partial charge in [-0.2, -0.15) is 0 Å². The Morgan fingerprint density at radius 2 is 1.75 bits per heavy atom. The zero-order valence-corrected chi connectivity index (χ0v) is 16.7. The lowest BCUT2D eigenvalue weighted by Crippen LogP contribution is -2.36. The van der Waals surface area contributed by atoms with Crippen LogP contribution in [0.3, 0.4) is 0 Å². The van der Waals surface area contributed by atoms with Crippen LogP contribution >= 0.6 is 0 Å². The summed E-state index contributed by atoms with van der Waals surface area (Å²) >= 11 is 0. The number of carboxylic acid groups (broad SMARTS) is 1. The molecule has 0 aliphatic heterocycles. The number of carbonyl (C=O) groups is 1. The molecule has 1 saturated carbocycles. The SMILES string of the molecule is C[C@H](Nc1ccc(S(=O)(=O)NC2CCCCC2)cc1C(=O)O)c1ccccc1. The van der Waals surface area contributed by atoms with Gasteiger partial charge in [-0.25, -0.2) is 17.9 Å². The first-order chi connectivity index (χ1) is 13.4. The van der Waals surface area contributed by atoms with Crippen LogP contribution in [0.2, 0.25) is 0 Å². The Balaban J connectivity index is 1.83. The van der Waals surface area contributed by atoms with E-state index in [1.807, 2.05) is 37.3 Å². The lowest BCUT2D eigenvalue weighted by molar-refractivity contribution is 0.0697. The molecule has 150 valence electrons. The molecule has 0 amide bonds. The third kappa shape index (κ3) is 4.91. The molecule has 1 fully saturated rings. The van der Waals surface area contributed by atoms with E-state index in [-0.39, 0.29) is 22.5 Å². The lowest BCUT2D eigenvalue weighted by Gasteiger charge is -2.23. The molecule has 0 unspecified atom stereocenters. The standard InChI is InChI=1S/C21H26N2O4S/c1-15(16-8-4-2-5-9-16)22-20-13-12-18(14-19(20)21(24)25)28(26,27)23-17-10-6-3-7-11-17/h2,4-5,8-9,12-15,17,22-23H,3,6-7,10-11H2,1H3,(H,24,25)/t15-/m0/s1. The van der Waals surface area contributed by atoms with Gasteiger partial charge in [0.2, 0.25) is 10.0 Å². The number of hydrogen-bond acceptors (Lipinski definition) is 4. The highest BCUT2D eigenvalue weighted by Crippen LogP contribution is 2.26. The van der Waals surface area contributed by atoms with Gasteiger partial charge in [-0.1, -0.05) is 49.6 Å².